The van der Waals surface area contributed by atoms with Crippen molar-refractivity contribution in [2.75, 3.05) is 68.8 Å². The molecule has 4 aliphatic rings. The fourth-order valence-corrected chi connectivity index (χ4v) is 14.3. The summed E-state index contributed by atoms with van der Waals surface area (Å²) < 4.78 is 91.6. The zero-order valence-electron chi connectivity index (χ0n) is 61.1. The van der Waals surface area contributed by atoms with Crippen LogP contribution >= 0.6 is 97.1 Å². The molecule has 0 radical (unpaired) electrons. The van der Waals surface area contributed by atoms with Crippen LogP contribution < -0.4 is 29.3 Å². The molecule has 4 atom stereocenters. The van der Waals surface area contributed by atoms with Crippen LogP contribution in [-0.4, -0.2) is 117 Å². The van der Waals surface area contributed by atoms with Gasteiger partial charge in [0.25, 0.3) is 0 Å². The molecule has 3 fully saturated rings. The van der Waals surface area contributed by atoms with Crippen LogP contribution in [0, 0.1) is 51.9 Å². The molecule has 3 saturated heterocycles. The van der Waals surface area contributed by atoms with E-state index in [2.05, 4.69) is 46.1 Å². The second-order valence-electron chi connectivity index (χ2n) is 26.4. The van der Waals surface area contributed by atoms with Crippen LogP contribution in [0.1, 0.15) is 37.4 Å². The molecule has 0 aliphatic carbocycles. The van der Waals surface area contributed by atoms with Crippen LogP contribution in [0.25, 0.3) is 56.3 Å². The summed E-state index contributed by atoms with van der Waals surface area (Å²) >= 11 is 44.9. The lowest BCUT2D eigenvalue weighted by Crippen LogP contribution is -2.48. The van der Waals surface area contributed by atoms with E-state index in [1.807, 2.05) is 15.9 Å². The third-order valence-electron chi connectivity index (χ3n) is 18.5. The van der Waals surface area contributed by atoms with Crippen LogP contribution in [0.15, 0.2) is 229 Å². The summed E-state index contributed by atoms with van der Waals surface area (Å²) in [4.78, 5) is 52.1. The summed E-state index contributed by atoms with van der Waals surface area (Å²) in [6.07, 6.45) is 6.86. The number of aliphatic carboxylic acids is 1. The van der Waals surface area contributed by atoms with E-state index in [1.165, 1.54) is 85.1 Å². The second kappa shape index (κ2) is 41.8. The van der Waals surface area contributed by atoms with E-state index in [4.69, 9.17) is 101 Å². The lowest BCUT2D eigenvalue weighted by molar-refractivity contribution is -0.593. The zero-order chi connectivity index (χ0) is 82.5. The van der Waals surface area contributed by atoms with Gasteiger partial charge < -0.3 is 44.9 Å². The Labute approximate surface area is 707 Å². The highest BCUT2D eigenvalue weighted by Crippen LogP contribution is 2.39. The molecule has 6 aromatic heterocycles. The maximum absolute atomic E-state index is 14.8. The monoisotopic (exact) mass is 1780 g/mol. The average Bonchev–Trinajstić information content (AvgIpc) is 1.44. The molecule has 10 heterocycles. The molecular formula is C85H70BrCl7F6N10O7. The first-order chi connectivity index (χ1) is 55.8. The number of likely N-dealkylation sites (tertiary alicyclic amines) is 1. The quantitative estimate of drug-likeness (QED) is 0.0401. The number of fused-ring (bicyclic) bond motifs is 1. The van der Waals surface area contributed by atoms with E-state index in [-0.39, 0.29) is 64.9 Å². The average molecular weight is 1790 g/mol. The van der Waals surface area contributed by atoms with Crippen molar-refractivity contribution in [1.29, 1.82) is 0 Å². The molecule has 16 rings (SSSR count). The molecule has 6 aromatic carbocycles. The Morgan fingerprint density at radius 2 is 0.957 bits per heavy atom. The number of pyridine rings is 6. The van der Waals surface area contributed by atoms with Gasteiger partial charge in [-0.1, -0.05) is 81.2 Å². The van der Waals surface area contributed by atoms with Crippen molar-refractivity contribution in [1.82, 2.24) is 35.1 Å². The predicted octanol–water partition coefficient (Wildman–Crippen LogP) is 21.1. The van der Waals surface area contributed by atoms with Crippen molar-refractivity contribution < 1.29 is 60.3 Å². The Balaban J connectivity index is 0.000000150. The van der Waals surface area contributed by atoms with Gasteiger partial charge in [0.15, 0.2) is 23.5 Å². The molecule has 12 aromatic rings. The van der Waals surface area contributed by atoms with E-state index in [0.29, 0.717) is 154 Å². The maximum Gasteiger partial charge on any atom is 0.308 e. The number of ether oxygens (including phenoxy) is 2. The Morgan fingerprint density at radius 3 is 1.43 bits per heavy atom. The van der Waals surface area contributed by atoms with Crippen LogP contribution in [0.5, 0.6) is 11.5 Å². The smallest absolute Gasteiger partial charge is 0.308 e. The van der Waals surface area contributed by atoms with Gasteiger partial charge in [-0.15, -0.1) is 0 Å². The largest absolute Gasteiger partial charge is 0.618 e. The summed E-state index contributed by atoms with van der Waals surface area (Å²) in [6, 6.07) is 52.4. The number of carbonyl (C=O) groups excluding carboxylic acids is 1. The van der Waals surface area contributed by atoms with Crippen molar-refractivity contribution >= 4 is 121 Å². The Morgan fingerprint density at radius 1 is 0.517 bits per heavy atom. The van der Waals surface area contributed by atoms with Gasteiger partial charge in [-0.25, -0.2) is 46.3 Å². The topological polar surface area (TPSA) is 206 Å². The number of carboxylic acids is 1. The van der Waals surface area contributed by atoms with E-state index in [1.54, 1.807) is 134 Å². The molecular weight excluding hydrogens is 1720 g/mol. The van der Waals surface area contributed by atoms with Gasteiger partial charge in [0.2, 0.25) is 11.6 Å². The standard InChI is InChI=1S/C31H33ClF2N4O4.C16H14ClFN2O2.C11H6Cl2FN.C11H7ClFNO.C11H7ClFN.C5H3BrClN/c32-23-7-8-27(36-28(23)19-3-5-22(33)6-4-19)38-12-9-20(17-38)31(40)35-25(18-37-10-1-2-11-37)29(39)21-15-24(34)30-26(16-21)41-13-14-42-30;17-13-5-6-14(20-8-7-11(9-20)16(21)22)19-15(13)10-1-3-12(18)4-2-10;12-9-5-6-10(13)15-11(9)7-1-3-8(14)4-2-7;12-10-2-1-7-14(15)11(10)8-3-5-9(13)6-4-8;12-10-2-1-7-14-11(10)8-3-5-9(13)6-4-8;6-5-4(7)2-1-3-8-5/h3-8,15-16,20,25,29,39H,1-2,9-14,17-18H2,(H,35,40);1-6,11H,7-9H2,(H,21,22);1-6H;1-7H;1-7H;1-3H/t20-,25-,29-;11-;;;;/m11..../s1. The minimum Gasteiger partial charge on any atom is -0.618 e. The van der Waals surface area contributed by atoms with Gasteiger partial charge in [-0.05, 0) is 260 Å². The number of halogens is 14. The van der Waals surface area contributed by atoms with Crippen LogP contribution in [0.2, 0.25) is 35.3 Å². The van der Waals surface area contributed by atoms with E-state index in [0.717, 1.165) is 42.6 Å². The van der Waals surface area contributed by atoms with E-state index in [9.17, 15) is 46.2 Å². The van der Waals surface area contributed by atoms with Gasteiger partial charge in [-0.3, -0.25) is 14.6 Å². The first kappa shape index (κ1) is 87.0. The number of aromatic nitrogens is 6. The number of amides is 1. The normalized spacial score (nSPS) is 15.1. The van der Waals surface area contributed by atoms with Gasteiger partial charge in [-0.2, -0.15) is 4.73 Å². The number of anilines is 2. The third-order valence-corrected chi connectivity index (χ3v) is 21.4. The summed E-state index contributed by atoms with van der Waals surface area (Å²) in [5.74, 6) is -2.16. The van der Waals surface area contributed by atoms with Crippen LogP contribution in [-0.2, 0) is 9.59 Å². The zero-order valence-corrected chi connectivity index (χ0v) is 68.0. The lowest BCUT2D eigenvalue weighted by Gasteiger charge is -2.30. The molecule has 1 amide bonds. The summed E-state index contributed by atoms with van der Waals surface area (Å²) in [5.41, 5.74) is 6.58. The molecule has 3 N–H and O–H groups in total. The van der Waals surface area contributed by atoms with Crippen molar-refractivity contribution in [2.24, 2.45) is 11.8 Å². The van der Waals surface area contributed by atoms with E-state index < -0.39 is 23.9 Å². The van der Waals surface area contributed by atoms with Crippen LogP contribution in [0.4, 0.5) is 38.0 Å². The van der Waals surface area contributed by atoms with Crippen molar-refractivity contribution in [3.8, 4) is 67.8 Å². The van der Waals surface area contributed by atoms with Gasteiger partial charge >= 0.3 is 5.97 Å². The molecule has 17 nitrogen and oxygen atoms in total. The molecule has 31 heteroatoms. The molecule has 116 heavy (non-hydrogen) atoms. The van der Waals surface area contributed by atoms with E-state index >= 15 is 0 Å². The fraction of sp³-hybridized carbons (Fsp3) is 0.200. The summed E-state index contributed by atoms with van der Waals surface area (Å²) in [5, 5.41) is 38.4. The number of aliphatic hydroxyl groups excluding tert-OH is 1. The Kier molecular flexibility index (Phi) is 31.4. The number of hydrogen-bond donors (Lipinski definition) is 3. The number of carbonyl (C=O) groups is 2. The van der Waals surface area contributed by atoms with Gasteiger partial charge in [0, 0.05) is 79.0 Å². The number of rotatable bonds is 14. The number of carboxylic acid groups (broad SMARTS) is 1. The number of hydrogen-bond acceptors (Lipinski definition) is 14. The SMILES string of the molecule is Clc1cccnc1Br.Fc1ccc(-c2nc(Cl)ccc2Cl)cc1.Fc1ccc(-c2ncccc2Cl)cc1.O=C(N[C@H](CN1CCCC1)[C@H](O)c1cc(F)c2c(c1)OCCO2)[C@@H]1CCN(c2ccc(Cl)c(-c3ccc(F)cc3)n2)C1.O=C(O)[C@@H]1CCN(c2ccc(Cl)c(-c3ccc(F)cc3)n2)C1.[O-][n+]1cccc(Cl)c1-c1ccc(F)cc1. The highest BCUT2D eigenvalue weighted by atomic mass is 79.9. The maximum atomic E-state index is 14.8. The summed E-state index contributed by atoms with van der Waals surface area (Å²) in [6.45, 7) is 4.90. The first-order valence-electron chi connectivity index (χ1n) is 36.0. The number of aliphatic hydroxyl groups is 1. The van der Waals surface area contributed by atoms with Crippen LogP contribution in [0.3, 0.4) is 0 Å². The highest BCUT2D eigenvalue weighted by molar-refractivity contribution is 9.10. The van der Waals surface area contributed by atoms with Crippen molar-refractivity contribution in [2.45, 2.75) is 37.8 Å². The van der Waals surface area contributed by atoms with Gasteiger partial charge in [0.05, 0.1) is 65.8 Å². The van der Waals surface area contributed by atoms with Gasteiger partial charge in [0.1, 0.15) is 74.8 Å². The number of benzene rings is 6. The molecule has 0 bridgehead atoms. The van der Waals surface area contributed by atoms with Crippen molar-refractivity contribution in [3.63, 3.8) is 0 Å². The molecule has 600 valence electrons. The second-order valence-corrected chi connectivity index (χ2v) is 30.0. The molecule has 0 spiro atoms. The Hall–Kier alpha value is -9.83. The third kappa shape index (κ3) is 23.9. The number of nitrogens with one attached hydrogen (secondary N) is 1. The minimum absolute atomic E-state index is 0.0433. The predicted molar refractivity (Wildman–Crippen MR) is 445 cm³/mol. The molecule has 0 unspecified atom stereocenters. The molecule has 0 saturated carbocycles. The molecule has 4 aliphatic heterocycles. The highest BCUT2D eigenvalue weighted by Gasteiger charge is 2.35. The minimum atomic E-state index is -1.14. The number of nitrogens with zero attached hydrogens (tertiary/aromatic N) is 9. The Bertz CT molecular complexity index is 5300. The fourth-order valence-electron chi connectivity index (χ4n) is 12.6. The first-order valence-corrected chi connectivity index (χ1v) is 39.5. The summed E-state index contributed by atoms with van der Waals surface area (Å²) in [7, 11) is 0. The lowest BCUT2D eigenvalue weighted by atomic mass is 9.99. The van der Waals surface area contributed by atoms with Crippen molar-refractivity contribution in [3.05, 3.63) is 310 Å².